The second-order valence-electron chi connectivity index (χ2n) is 7.87. The number of ether oxygens (including phenoxy) is 1. The molecule has 5 rings (SSSR count). The summed E-state index contributed by atoms with van der Waals surface area (Å²) in [5.41, 5.74) is 1.94. The third kappa shape index (κ3) is 3.33. The lowest BCUT2D eigenvalue weighted by Gasteiger charge is -2.36. The van der Waals surface area contributed by atoms with Crippen LogP contribution in [-0.2, 0) is 6.54 Å². The van der Waals surface area contributed by atoms with Crippen LogP contribution in [0, 0.1) is 0 Å². The quantitative estimate of drug-likeness (QED) is 0.470. The average molecular weight is 448 g/mol. The van der Waals surface area contributed by atoms with Crippen LogP contribution < -0.4 is 15.2 Å². The van der Waals surface area contributed by atoms with E-state index in [1.165, 1.54) is 11.3 Å². The molecule has 1 amide bonds. The van der Waals surface area contributed by atoms with Crippen LogP contribution in [0.3, 0.4) is 0 Å². The zero-order valence-corrected chi connectivity index (χ0v) is 19.0. The lowest BCUT2D eigenvalue weighted by Crippen LogP contribution is -2.48. The van der Waals surface area contributed by atoms with E-state index in [2.05, 4.69) is 4.90 Å². The highest BCUT2D eigenvalue weighted by Crippen LogP contribution is 2.32. The van der Waals surface area contributed by atoms with Gasteiger partial charge in [-0.2, -0.15) is 0 Å². The number of piperazine rings is 1. The molecule has 2 aromatic heterocycles. The van der Waals surface area contributed by atoms with E-state index in [1.54, 1.807) is 17.7 Å². The van der Waals surface area contributed by atoms with E-state index in [0.717, 1.165) is 40.1 Å². The monoisotopic (exact) mass is 447 g/mol. The van der Waals surface area contributed by atoms with Gasteiger partial charge in [0.25, 0.3) is 11.5 Å². The third-order valence-corrected chi connectivity index (χ3v) is 7.32. The van der Waals surface area contributed by atoms with Crippen molar-refractivity contribution in [2.24, 2.45) is 0 Å². The molecule has 7 heteroatoms. The van der Waals surface area contributed by atoms with Gasteiger partial charge in [-0.3, -0.25) is 9.59 Å². The maximum Gasteiger partial charge on any atom is 0.264 e. The Morgan fingerprint density at radius 2 is 1.72 bits per heavy atom. The van der Waals surface area contributed by atoms with Gasteiger partial charge in [-0.15, -0.1) is 11.3 Å². The Morgan fingerprint density at radius 1 is 1.00 bits per heavy atom. The van der Waals surface area contributed by atoms with E-state index in [4.69, 9.17) is 4.74 Å². The van der Waals surface area contributed by atoms with Crippen LogP contribution in [0.15, 0.2) is 59.4 Å². The Labute approximate surface area is 190 Å². The van der Waals surface area contributed by atoms with E-state index < -0.39 is 0 Å². The van der Waals surface area contributed by atoms with Gasteiger partial charge in [-0.1, -0.05) is 30.3 Å². The topological polar surface area (TPSA) is 54.8 Å². The maximum absolute atomic E-state index is 13.3. The minimum Gasteiger partial charge on any atom is -0.495 e. The third-order valence-electron chi connectivity index (χ3n) is 6.17. The summed E-state index contributed by atoms with van der Waals surface area (Å²) in [5.74, 6) is 0.841. The number of amides is 1. The number of para-hydroxylation sites is 3. The summed E-state index contributed by atoms with van der Waals surface area (Å²) in [6.07, 6.45) is 0. The zero-order valence-electron chi connectivity index (χ0n) is 18.2. The molecule has 3 heterocycles. The van der Waals surface area contributed by atoms with Gasteiger partial charge in [0, 0.05) is 42.8 Å². The van der Waals surface area contributed by atoms with Gasteiger partial charge < -0.3 is 19.1 Å². The number of carbonyl (C=O) groups is 1. The number of methoxy groups -OCH3 is 1. The summed E-state index contributed by atoms with van der Waals surface area (Å²) in [4.78, 5) is 31.2. The van der Waals surface area contributed by atoms with E-state index in [0.29, 0.717) is 29.9 Å². The number of benzene rings is 2. The van der Waals surface area contributed by atoms with Crippen molar-refractivity contribution in [3.8, 4) is 5.75 Å². The van der Waals surface area contributed by atoms with E-state index >= 15 is 0 Å². The first-order chi connectivity index (χ1) is 15.6. The molecule has 1 aliphatic rings. The normalized spacial score (nSPS) is 14.3. The van der Waals surface area contributed by atoms with E-state index in [9.17, 15) is 9.59 Å². The number of hydrogen-bond acceptors (Lipinski definition) is 5. The first-order valence-electron chi connectivity index (χ1n) is 10.8. The van der Waals surface area contributed by atoms with Crippen LogP contribution in [0.2, 0.25) is 0 Å². The standard InChI is InChI=1S/C25H25N3O3S/c1-3-28-19-9-5-4-8-17(19)23-18(24(28)29)16-22(32-23)25(30)27-14-12-26(13-15-27)20-10-6-7-11-21(20)31-2/h4-11,16H,3,12-15H2,1-2H3. The second kappa shape index (κ2) is 8.31. The SMILES string of the molecule is CCn1c(=O)c2cc(C(=O)N3CCN(c4ccccc4OC)CC3)sc2c2ccccc21. The summed E-state index contributed by atoms with van der Waals surface area (Å²) in [6.45, 7) is 5.31. The van der Waals surface area contributed by atoms with Crippen LogP contribution in [0.5, 0.6) is 5.75 Å². The van der Waals surface area contributed by atoms with Crippen molar-refractivity contribution >= 4 is 43.9 Å². The predicted octanol–water partition coefficient (Wildman–Crippen LogP) is 4.21. The predicted molar refractivity (Wildman–Crippen MR) is 130 cm³/mol. The van der Waals surface area contributed by atoms with Gasteiger partial charge in [-0.25, -0.2) is 0 Å². The molecule has 1 fully saturated rings. The number of hydrogen-bond donors (Lipinski definition) is 0. The highest BCUT2D eigenvalue weighted by atomic mass is 32.1. The molecule has 0 aliphatic carbocycles. The fourth-order valence-corrected chi connectivity index (χ4v) is 5.67. The minimum atomic E-state index is -0.0301. The number of fused-ring (bicyclic) bond motifs is 3. The fourth-order valence-electron chi connectivity index (χ4n) is 4.52. The Kier molecular flexibility index (Phi) is 5.35. The molecule has 4 aromatic rings. The number of aryl methyl sites for hydroxylation is 1. The van der Waals surface area contributed by atoms with Gasteiger partial charge in [0.1, 0.15) is 5.75 Å². The van der Waals surface area contributed by atoms with Crippen molar-refractivity contribution in [2.45, 2.75) is 13.5 Å². The lowest BCUT2D eigenvalue weighted by atomic mass is 10.1. The van der Waals surface area contributed by atoms with Crippen LogP contribution in [0.4, 0.5) is 5.69 Å². The van der Waals surface area contributed by atoms with Crippen molar-refractivity contribution in [2.75, 3.05) is 38.2 Å². The summed E-state index contributed by atoms with van der Waals surface area (Å²) < 4.78 is 8.17. The Balaban J connectivity index is 1.43. The molecule has 2 aromatic carbocycles. The van der Waals surface area contributed by atoms with Gasteiger partial charge in [0.2, 0.25) is 0 Å². The molecule has 0 unspecified atom stereocenters. The number of pyridine rings is 1. The molecular formula is C25H25N3O3S. The van der Waals surface area contributed by atoms with E-state index in [-0.39, 0.29) is 11.5 Å². The Morgan fingerprint density at radius 3 is 2.47 bits per heavy atom. The average Bonchev–Trinajstić information content (AvgIpc) is 3.30. The molecule has 0 saturated carbocycles. The molecular weight excluding hydrogens is 422 g/mol. The van der Waals surface area contributed by atoms with Crippen LogP contribution in [0.1, 0.15) is 16.6 Å². The molecule has 1 saturated heterocycles. The summed E-state index contributed by atoms with van der Waals surface area (Å²) >= 11 is 1.43. The molecule has 0 atom stereocenters. The lowest BCUT2D eigenvalue weighted by molar-refractivity contribution is 0.0751. The zero-order chi connectivity index (χ0) is 22.2. The molecule has 0 radical (unpaired) electrons. The van der Waals surface area contributed by atoms with Gasteiger partial charge in [0.15, 0.2) is 0 Å². The molecule has 0 bridgehead atoms. The van der Waals surface area contributed by atoms with Crippen molar-refractivity contribution in [1.29, 1.82) is 0 Å². The summed E-state index contributed by atoms with van der Waals surface area (Å²) in [6, 6.07) is 17.7. The molecule has 0 N–H and O–H groups in total. The number of aromatic nitrogens is 1. The Bertz CT molecular complexity index is 1370. The maximum atomic E-state index is 13.3. The molecule has 164 valence electrons. The van der Waals surface area contributed by atoms with Crippen molar-refractivity contribution in [3.63, 3.8) is 0 Å². The summed E-state index contributed by atoms with van der Waals surface area (Å²) in [7, 11) is 1.68. The number of carbonyl (C=O) groups excluding carboxylic acids is 1. The van der Waals surface area contributed by atoms with Crippen molar-refractivity contribution in [3.05, 3.63) is 69.8 Å². The van der Waals surface area contributed by atoms with Gasteiger partial charge >= 0.3 is 0 Å². The highest BCUT2D eigenvalue weighted by Gasteiger charge is 2.26. The second-order valence-corrected chi connectivity index (χ2v) is 8.92. The number of thiophene rings is 1. The van der Waals surface area contributed by atoms with Gasteiger partial charge in [-0.05, 0) is 31.2 Å². The molecule has 6 nitrogen and oxygen atoms in total. The fraction of sp³-hybridized carbons (Fsp3) is 0.280. The van der Waals surface area contributed by atoms with Crippen LogP contribution in [-0.4, -0.2) is 48.7 Å². The highest BCUT2D eigenvalue weighted by molar-refractivity contribution is 7.21. The Hall–Kier alpha value is -3.32. The number of anilines is 1. The number of nitrogens with zero attached hydrogens (tertiary/aromatic N) is 3. The molecule has 32 heavy (non-hydrogen) atoms. The first-order valence-corrected chi connectivity index (χ1v) is 11.7. The molecule has 0 spiro atoms. The number of rotatable bonds is 4. The summed E-state index contributed by atoms with van der Waals surface area (Å²) in [5, 5.41) is 1.65. The first kappa shape index (κ1) is 20.6. The van der Waals surface area contributed by atoms with E-state index in [1.807, 2.05) is 60.4 Å². The molecule has 1 aliphatic heterocycles. The largest absolute Gasteiger partial charge is 0.495 e. The van der Waals surface area contributed by atoms with Crippen molar-refractivity contribution < 1.29 is 9.53 Å². The minimum absolute atomic E-state index is 0.00240. The van der Waals surface area contributed by atoms with Crippen molar-refractivity contribution in [1.82, 2.24) is 9.47 Å². The van der Waals surface area contributed by atoms with Crippen LogP contribution in [0.25, 0.3) is 21.0 Å². The van der Waals surface area contributed by atoms with Gasteiger partial charge in [0.05, 0.1) is 28.6 Å². The smallest absolute Gasteiger partial charge is 0.264 e. The van der Waals surface area contributed by atoms with Crippen LogP contribution >= 0.6 is 11.3 Å².